The molecule has 0 aliphatic heterocycles. The highest BCUT2D eigenvalue weighted by Crippen LogP contribution is 2.51. The lowest BCUT2D eigenvalue weighted by Crippen LogP contribution is -2.16. The van der Waals surface area contributed by atoms with Crippen molar-refractivity contribution in [3.8, 4) is 9.75 Å². The summed E-state index contributed by atoms with van der Waals surface area (Å²) in [7, 11) is 7.75. The van der Waals surface area contributed by atoms with Crippen molar-refractivity contribution in [1.29, 1.82) is 0 Å². The Morgan fingerprint density at radius 1 is 1.00 bits per heavy atom. The first kappa shape index (κ1) is 10.9. The molecule has 0 bridgehead atoms. The van der Waals surface area contributed by atoms with Crippen molar-refractivity contribution in [2.45, 2.75) is 39.5 Å². The number of hydrogen-bond donors (Lipinski definition) is 0. The van der Waals surface area contributed by atoms with Crippen molar-refractivity contribution in [1.82, 2.24) is 0 Å². The van der Waals surface area contributed by atoms with E-state index in [1.165, 1.54) is 16.2 Å². The maximum absolute atomic E-state index is 2.35. The quantitative estimate of drug-likeness (QED) is 0.632. The van der Waals surface area contributed by atoms with Gasteiger partial charge in [-0.15, -0.1) is 0 Å². The largest absolute Gasteiger partial charge is 0.0832 e. The van der Waals surface area contributed by atoms with Gasteiger partial charge in [0.1, 0.15) is 0 Å². The molecule has 0 saturated heterocycles. The van der Waals surface area contributed by atoms with E-state index in [-0.39, 0.29) is 0 Å². The summed E-state index contributed by atoms with van der Waals surface area (Å²) >= 11 is 0. The Kier molecular flexibility index (Phi) is 2.90. The average molecular weight is 262 g/mol. The molecule has 2 aromatic heterocycles. The molecule has 0 N–H and O–H groups in total. The fraction of sp³-hybridized carbons (Fsp3) is 0.600. The van der Waals surface area contributed by atoms with Crippen LogP contribution in [0.2, 0.25) is 0 Å². The summed E-state index contributed by atoms with van der Waals surface area (Å²) in [6.07, 6.45) is 1.23. The Balaban J connectivity index is 2.31. The molecular weight excluding hydrogens is 248 g/mol. The lowest BCUT2D eigenvalue weighted by atomic mass is 9.88. The summed E-state index contributed by atoms with van der Waals surface area (Å²) in [5, 5.41) is 0. The lowest BCUT2D eigenvalue weighted by Gasteiger charge is -2.27. The van der Waals surface area contributed by atoms with Crippen molar-refractivity contribution in [3.05, 3.63) is 9.75 Å². The third kappa shape index (κ3) is 1.62. The Bertz CT molecular complexity index is 410. The van der Waals surface area contributed by atoms with Crippen LogP contribution >= 0.6 is 41.4 Å². The zero-order valence-electron chi connectivity index (χ0n) is 8.84. The molecule has 0 aliphatic rings. The number of rotatable bonds is 3. The molecule has 0 radical (unpaired) electrons. The van der Waals surface area contributed by atoms with Gasteiger partial charge in [0.25, 0.3) is 0 Å². The fourth-order valence-corrected chi connectivity index (χ4v) is 6.67. The van der Waals surface area contributed by atoms with Gasteiger partial charge in [-0.3, -0.25) is 0 Å². The van der Waals surface area contributed by atoms with E-state index >= 15 is 0 Å². The third-order valence-corrected chi connectivity index (χ3v) is 8.62. The maximum Gasteiger partial charge on any atom is 0.0713 e. The van der Waals surface area contributed by atoms with Crippen molar-refractivity contribution < 1.29 is 0 Å². The number of aryl methyl sites for hydroxylation is 1. The van der Waals surface area contributed by atoms with Crippen LogP contribution in [0.4, 0.5) is 0 Å². The molecule has 2 aromatic rings. The highest BCUT2D eigenvalue weighted by atomic mass is 32.9. The zero-order valence-corrected chi connectivity index (χ0v) is 12.1. The maximum atomic E-state index is 2.35. The topological polar surface area (TPSA) is 0 Å². The summed E-state index contributed by atoms with van der Waals surface area (Å²) < 4.78 is 0. The Hall–Kier alpha value is 0.360. The van der Waals surface area contributed by atoms with Gasteiger partial charge < -0.3 is 0 Å². The van der Waals surface area contributed by atoms with Crippen LogP contribution in [0.1, 0.15) is 36.9 Å². The first-order valence-corrected chi connectivity index (χ1v) is 9.01. The molecule has 2 heterocycles. The van der Waals surface area contributed by atoms with Gasteiger partial charge in [0.2, 0.25) is 0 Å². The molecule has 0 spiro atoms. The van der Waals surface area contributed by atoms with Crippen LogP contribution in [0.5, 0.6) is 0 Å². The predicted octanol–water partition coefficient (Wildman–Crippen LogP) is 5.60. The van der Waals surface area contributed by atoms with E-state index in [1.54, 1.807) is 9.75 Å². The SMILES string of the molecule is CCC(C)(C)c1ssc1-c1ssc1C. The molecule has 0 amide bonds. The van der Waals surface area contributed by atoms with E-state index in [2.05, 4.69) is 27.7 Å². The number of hydrogen-bond acceptors (Lipinski definition) is 4. The van der Waals surface area contributed by atoms with Gasteiger partial charge in [0.05, 0.1) is 9.75 Å². The molecule has 0 aliphatic carbocycles. The summed E-state index contributed by atoms with van der Waals surface area (Å²) in [5.41, 5.74) is 0.374. The molecular formula is C10H14S4. The summed E-state index contributed by atoms with van der Waals surface area (Å²) in [6.45, 7) is 9.20. The molecule has 0 aromatic carbocycles. The smallest absolute Gasteiger partial charge is 0.0713 e. The molecule has 0 fully saturated rings. The van der Waals surface area contributed by atoms with Crippen molar-refractivity contribution >= 4 is 41.4 Å². The predicted molar refractivity (Wildman–Crippen MR) is 71.4 cm³/mol. The van der Waals surface area contributed by atoms with Gasteiger partial charge in [-0.25, -0.2) is 0 Å². The van der Waals surface area contributed by atoms with Crippen molar-refractivity contribution in [3.63, 3.8) is 0 Å². The van der Waals surface area contributed by atoms with E-state index in [4.69, 9.17) is 0 Å². The third-order valence-electron chi connectivity index (χ3n) is 2.69. The first-order chi connectivity index (χ1) is 6.56. The monoisotopic (exact) mass is 262 g/mol. The second-order valence-electron chi connectivity index (χ2n) is 4.11. The minimum absolute atomic E-state index is 0.374. The van der Waals surface area contributed by atoms with Crippen LogP contribution < -0.4 is 0 Å². The zero-order chi connectivity index (χ0) is 10.3. The standard InChI is InChI=1S/C10H14S4/c1-5-10(3,4)9-8(13-14-9)7-6(2)11-12-7/h5H2,1-4H3. The van der Waals surface area contributed by atoms with E-state index in [1.807, 2.05) is 41.4 Å². The van der Waals surface area contributed by atoms with Gasteiger partial charge >= 0.3 is 0 Å². The molecule has 2 rings (SSSR count). The second kappa shape index (κ2) is 3.74. The van der Waals surface area contributed by atoms with E-state index in [0.29, 0.717) is 5.41 Å². The van der Waals surface area contributed by atoms with Crippen molar-refractivity contribution in [2.24, 2.45) is 0 Å². The fourth-order valence-electron chi connectivity index (χ4n) is 1.21. The van der Waals surface area contributed by atoms with Gasteiger partial charge in [0.15, 0.2) is 0 Å². The lowest BCUT2D eigenvalue weighted by molar-refractivity contribution is 0.518. The average Bonchev–Trinajstić information content (AvgIpc) is 2.08. The van der Waals surface area contributed by atoms with E-state index in [0.717, 1.165) is 0 Å². The molecule has 0 saturated carbocycles. The van der Waals surface area contributed by atoms with Crippen LogP contribution in [0, 0.1) is 6.92 Å². The molecule has 14 heavy (non-hydrogen) atoms. The van der Waals surface area contributed by atoms with Gasteiger partial charge in [0, 0.05) is 15.2 Å². The second-order valence-corrected chi connectivity index (χ2v) is 8.62. The Morgan fingerprint density at radius 2 is 1.64 bits per heavy atom. The normalized spacial score (nSPS) is 12.6. The first-order valence-electron chi connectivity index (χ1n) is 4.71. The van der Waals surface area contributed by atoms with E-state index in [9.17, 15) is 0 Å². The Morgan fingerprint density at radius 3 is 1.93 bits per heavy atom. The van der Waals surface area contributed by atoms with Crippen LogP contribution in [-0.4, -0.2) is 0 Å². The highest BCUT2D eigenvalue weighted by molar-refractivity contribution is 7.77. The van der Waals surface area contributed by atoms with Crippen LogP contribution in [0.25, 0.3) is 9.75 Å². The minimum atomic E-state index is 0.374. The van der Waals surface area contributed by atoms with E-state index < -0.39 is 0 Å². The highest BCUT2D eigenvalue weighted by Gasteiger charge is 2.28. The summed E-state index contributed by atoms with van der Waals surface area (Å²) in [5.74, 6) is 0. The van der Waals surface area contributed by atoms with Crippen LogP contribution in [0.3, 0.4) is 0 Å². The molecule has 4 heteroatoms. The molecule has 0 unspecified atom stereocenters. The molecule has 78 valence electrons. The van der Waals surface area contributed by atoms with Crippen LogP contribution in [0.15, 0.2) is 0 Å². The summed E-state index contributed by atoms with van der Waals surface area (Å²) in [6, 6.07) is 0. The minimum Gasteiger partial charge on any atom is -0.0832 e. The molecule has 0 atom stereocenters. The molecule has 0 nitrogen and oxygen atoms in total. The van der Waals surface area contributed by atoms with Crippen molar-refractivity contribution in [2.75, 3.05) is 0 Å². The van der Waals surface area contributed by atoms with Gasteiger partial charge in [-0.2, -0.15) is 0 Å². The van der Waals surface area contributed by atoms with Gasteiger partial charge in [-0.1, -0.05) is 62.1 Å². The van der Waals surface area contributed by atoms with Gasteiger partial charge in [-0.05, 0) is 13.3 Å². The Labute approximate surface area is 100.0 Å². The van der Waals surface area contributed by atoms with Crippen LogP contribution in [-0.2, 0) is 5.41 Å². The summed E-state index contributed by atoms with van der Waals surface area (Å²) in [4.78, 5) is 6.20.